The third kappa shape index (κ3) is 4.57. The van der Waals surface area contributed by atoms with Gasteiger partial charge in [0.05, 0.1) is 24.8 Å². The van der Waals surface area contributed by atoms with Gasteiger partial charge in [-0.25, -0.2) is 4.79 Å². The summed E-state index contributed by atoms with van der Waals surface area (Å²) in [5.74, 6) is -0.448. The topological polar surface area (TPSA) is 91.6 Å². The highest BCUT2D eigenvalue weighted by Gasteiger charge is 2.26. The molecule has 0 aliphatic carbocycles. The molecule has 6 nitrogen and oxygen atoms in total. The third-order valence-electron chi connectivity index (χ3n) is 4.55. The van der Waals surface area contributed by atoms with Gasteiger partial charge in [-0.15, -0.1) is 0 Å². The molecule has 1 saturated heterocycles. The molecular weight excluding hydrogens is 344 g/mol. The number of hydrogen-bond donors (Lipinski definition) is 2. The van der Waals surface area contributed by atoms with Crippen LogP contribution in [0.15, 0.2) is 42.5 Å². The molecule has 3 rings (SSSR count). The number of aliphatic carboxylic acids is 1. The predicted octanol–water partition coefficient (Wildman–Crippen LogP) is 3.53. The van der Waals surface area contributed by atoms with Crippen LogP contribution in [0.1, 0.15) is 36.1 Å². The minimum Gasteiger partial charge on any atom is -0.488 e. The Balaban J connectivity index is 1.92. The number of nitriles is 1. The first-order valence-electron chi connectivity index (χ1n) is 8.97. The second-order valence-electron chi connectivity index (χ2n) is 6.43. The minimum atomic E-state index is -1.000. The van der Waals surface area contributed by atoms with Crippen molar-refractivity contribution in [3.63, 3.8) is 0 Å². The van der Waals surface area contributed by atoms with Crippen molar-refractivity contribution in [1.29, 1.82) is 5.26 Å². The molecule has 0 radical (unpaired) electrons. The zero-order valence-corrected chi connectivity index (χ0v) is 15.1. The van der Waals surface area contributed by atoms with E-state index in [1.54, 1.807) is 24.3 Å². The van der Waals surface area contributed by atoms with Gasteiger partial charge in [0.2, 0.25) is 0 Å². The maximum atomic E-state index is 12.0. The molecule has 1 aliphatic heterocycles. The highest BCUT2D eigenvalue weighted by Crippen LogP contribution is 2.31. The van der Waals surface area contributed by atoms with E-state index in [2.05, 4.69) is 11.4 Å². The number of rotatable bonds is 7. The summed E-state index contributed by atoms with van der Waals surface area (Å²) in [6.07, 6.45) is 1.51. The molecule has 0 spiro atoms. The zero-order chi connectivity index (χ0) is 19.2. The van der Waals surface area contributed by atoms with Gasteiger partial charge in [0.15, 0.2) is 6.04 Å². The van der Waals surface area contributed by atoms with Crippen LogP contribution in [0.2, 0.25) is 0 Å². The Labute approximate surface area is 158 Å². The van der Waals surface area contributed by atoms with Crippen LogP contribution in [0.25, 0.3) is 0 Å². The Morgan fingerprint density at radius 1 is 1.37 bits per heavy atom. The maximum absolute atomic E-state index is 12.0. The monoisotopic (exact) mass is 366 g/mol. The van der Waals surface area contributed by atoms with Gasteiger partial charge in [-0.1, -0.05) is 13.0 Å². The molecule has 2 aromatic rings. The summed E-state index contributed by atoms with van der Waals surface area (Å²) in [7, 11) is 0. The lowest BCUT2D eigenvalue weighted by atomic mass is 10.0. The Morgan fingerprint density at radius 2 is 2.15 bits per heavy atom. The van der Waals surface area contributed by atoms with Crippen molar-refractivity contribution in [3.05, 3.63) is 59.2 Å². The van der Waals surface area contributed by atoms with E-state index in [9.17, 15) is 9.90 Å². The Bertz CT molecular complexity index is 836. The number of carboxylic acid groups (broad SMARTS) is 1. The molecule has 1 heterocycles. The molecule has 6 heteroatoms. The predicted molar refractivity (Wildman–Crippen MR) is 101 cm³/mol. The number of nitrogens with one attached hydrogen (secondary N) is 1. The Hall–Kier alpha value is -3.04. The summed E-state index contributed by atoms with van der Waals surface area (Å²) in [6, 6.07) is 13.4. The number of hydrogen-bond acceptors (Lipinski definition) is 5. The fourth-order valence-corrected chi connectivity index (χ4v) is 3.02. The Kier molecular flexibility index (Phi) is 5.94. The van der Waals surface area contributed by atoms with E-state index in [1.165, 1.54) is 0 Å². The van der Waals surface area contributed by atoms with Gasteiger partial charge in [0.1, 0.15) is 11.9 Å². The van der Waals surface area contributed by atoms with Gasteiger partial charge in [0, 0.05) is 17.7 Å². The molecule has 2 aromatic carbocycles. The lowest BCUT2D eigenvalue weighted by molar-refractivity contribution is -0.138. The normalized spacial score (nSPS) is 17.1. The first kappa shape index (κ1) is 18.7. The van der Waals surface area contributed by atoms with Crippen molar-refractivity contribution in [2.75, 3.05) is 18.5 Å². The highest BCUT2D eigenvalue weighted by atomic mass is 16.5. The van der Waals surface area contributed by atoms with E-state index in [0.717, 1.165) is 18.4 Å². The van der Waals surface area contributed by atoms with Crippen LogP contribution in [-0.4, -0.2) is 30.4 Å². The van der Waals surface area contributed by atoms with Crippen molar-refractivity contribution >= 4 is 11.7 Å². The van der Waals surface area contributed by atoms with E-state index in [4.69, 9.17) is 14.7 Å². The molecule has 0 saturated carbocycles. The molecule has 0 bridgehead atoms. The second kappa shape index (κ2) is 8.56. The second-order valence-corrected chi connectivity index (χ2v) is 6.43. The van der Waals surface area contributed by atoms with Gasteiger partial charge < -0.3 is 19.9 Å². The summed E-state index contributed by atoms with van der Waals surface area (Å²) < 4.78 is 11.4. The largest absolute Gasteiger partial charge is 0.488 e. The number of carbonyl (C=O) groups is 1. The summed E-state index contributed by atoms with van der Waals surface area (Å²) in [5, 5.41) is 21.8. The molecule has 140 valence electrons. The molecule has 0 aromatic heterocycles. The van der Waals surface area contributed by atoms with Crippen molar-refractivity contribution in [2.24, 2.45) is 0 Å². The van der Waals surface area contributed by atoms with E-state index in [0.29, 0.717) is 35.8 Å². The molecule has 0 unspecified atom stereocenters. The van der Waals surface area contributed by atoms with E-state index >= 15 is 0 Å². The number of aryl methyl sites for hydroxylation is 1. The molecule has 0 amide bonds. The maximum Gasteiger partial charge on any atom is 0.330 e. The fourth-order valence-electron chi connectivity index (χ4n) is 3.02. The van der Waals surface area contributed by atoms with E-state index < -0.39 is 12.0 Å². The number of nitrogens with zero attached hydrogens (tertiary/aromatic N) is 1. The van der Waals surface area contributed by atoms with Gasteiger partial charge in [0.25, 0.3) is 0 Å². The van der Waals surface area contributed by atoms with Crippen LogP contribution in [-0.2, 0) is 16.0 Å². The molecule has 2 N–H and O–H groups in total. The lowest BCUT2D eigenvalue weighted by Gasteiger charge is -2.22. The third-order valence-corrected chi connectivity index (χ3v) is 4.55. The standard InChI is InChI=1S/C21H22N2O4/c1-2-14-5-8-19(27-17-9-10-26-13-17)18(11-14)20(21(24)25)23-16-6-3-15(12-22)4-7-16/h3-8,11,17,20,23H,2,9-10,13H2,1H3,(H,24,25)/t17-,20+/m0/s1. The summed E-state index contributed by atoms with van der Waals surface area (Å²) in [5.41, 5.74) is 2.76. The lowest BCUT2D eigenvalue weighted by Crippen LogP contribution is -2.23. The molecule has 1 aliphatic rings. The van der Waals surface area contributed by atoms with Crippen molar-refractivity contribution in [2.45, 2.75) is 31.9 Å². The Morgan fingerprint density at radius 3 is 2.74 bits per heavy atom. The number of anilines is 1. The van der Waals surface area contributed by atoms with Crippen molar-refractivity contribution < 1.29 is 19.4 Å². The fraction of sp³-hybridized carbons (Fsp3) is 0.333. The van der Waals surface area contributed by atoms with Gasteiger partial charge >= 0.3 is 5.97 Å². The first-order chi connectivity index (χ1) is 13.1. The number of ether oxygens (including phenoxy) is 2. The van der Waals surface area contributed by atoms with E-state index in [1.807, 2.05) is 25.1 Å². The van der Waals surface area contributed by atoms with Crippen LogP contribution in [0, 0.1) is 11.3 Å². The molecule has 2 atom stereocenters. The van der Waals surface area contributed by atoms with Crippen molar-refractivity contribution in [1.82, 2.24) is 0 Å². The van der Waals surface area contributed by atoms with E-state index in [-0.39, 0.29) is 6.10 Å². The van der Waals surface area contributed by atoms with Crippen LogP contribution in [0.3, 0.4) is 0 Å². The molecule has 1 fully saturated rings. The van der Waals surface area contributed by atoms with Crippen LogP contribution in [0.4, 0.5) is 5.69 Å². The molecular formula is C21H22N2O4. The average molecular weight is 366 g/mol. The van der Waals surface area contributed by atoms with Crippen LogP contribution < -0.4 is 10.1 Å². The smallest absolute Gasteiger partial charge is 0.330 e. The van der Waals surface area contributed by atoms with Gasteiger partial charge in [-0.3, -0.25) is 0 Å². The molecule has 27 heavy (non-hydrogen) atoms. The van der Waals surface area contributed by atoms with Crippen LogP contribution in [0.5, 0.6) is 5.75 Å². The van der Waals surface area contributed by atoms with Gasteiger partial charge in [-0.2, -0.15) is 5.26 Å². The first-order valence-corrected chi connectivity index (χ1v) is 8.97. The summed E-state index contributed by atoms with van der Waals surface area (Å²) in [4.78, 5) is 12.0. The highest BCUT2D eigenvalue weighted by molar-refractivity contribution is 5.80. The zero-order valence-electron chi connectivity index (χ0n) is 15.1. The average Bonchev–Trinajstić information content (AvgIpc) is 3.20. The quantitative estimate of drug-likeness (QED) is 0.779. The number of carboxylic acids is 1. The summed E-state index contributed by atoms with van der Waals surface area (Å²) >= 11 is 0. The van der Waals surface area contributed by atoms with Crippen molar-refractivity contribution in [3.8, 4) is 11.8 Å². The summed E-state index contributed by atoms with van der Waals surface area (Å²) in [6.45, 7) is 3.18. The SMILES string of the molecule is CCc1ccc(O[C@H]2CCOC2)c([C@@H](Nc2ccc(C#N)cc2)C(=O)O)c1. The number of benzene rings is 2. The van der Waals surface area contributed by atoms with Crippen LogP contribution >= 0.6 is 0 Å². The van der Waals surface area contributed by atoms with Gasteiger partial charge in [-0.05, 0) is 48.4 Å². The minimum absolute atomic E-state index is 0.0689.